The third-order valence-corrected chi connectivity index (χ3v) is 4.09. The summed E-state index contributed by atoms with van der Waals surface area (Å²) >= 11 is 0. The van der Waals surface area contributed by atoms with E-state index in [1.54, 1.807) is 12.1 Å². The average Bonchev–Trinajstić information content (AvgIpc) is 2.51. The molecule has 0 bridgehead atoms. The molecule has 1 aliphatic rings. The van der Waals surface area contributed by atoms with Crippen LogP contribution in [-0.2, 0) is 0 Å². The Morgan fingerprint density at radius 1 is 1.22 bits per heavy atom. The highest BCUT2D eigenvalue weighted by Gasteiger charge is 2.24. The maximum absolute atomic E-state index is 12.8. The minimum atomic E-state index is -0.263. The Bertz CT molecular complexity index is 482. The first kappa shape index (κ1) is 17.6. The molecule has 1 N–H and O–H groups in total. The first-order chi connectivity index (χ1) is 11.0. The smallest absolute Gasteiger partial charge is 0.317 e. The standard InChI is InChI=1S/C18H27FN2O2/c1-14-11-15(2)13-21(12-14)18(22)20-9-3-4-10-23-17-7-5-16(19)6-8-17/h5-8,14-15H,3-4,9-13H2,1-2H3,(H,20,22). The Morgan fingerprint density at radius 2 is 1.87 bits per heavy atom. The van der Waals surface area contributed by atoms with E-state index < -0.39 is 0 Å². The lowest BCUT2D eigenvalue weighted by atomic mass is 9.92. The summed E-state index contributed by atoms with van der Waals surface area (Å²) in [5.41, 5.74) is 0. The fraction of sp³-hybridized carbons (Fsp3) is 0.611. The zero-order valence-electron chi connectivity index (χ0n) is 14.1. The SMILES string of the molecule is CC1CC(C)CN(C(=O)NCCCCOc2ccc(F)cc2)C1. The molecule has 0 spiro atoms. The first-order valence-corrected chi connectivity index (χ1v) is 8.45. The van der Waals surface area contributed by atoms with E-state index in [-0.39, 0.29) is 11.8 Å². The van der Waals surface area contributed by atoms with E-state index in [9.17, 15) is 9.18 Å². The Kier molecular flexibility index (Phi) is 6.68. The third kappa shape index (κ3) is 6.08. The number of carbonyl (C=O) groups is 1. The lowest BCUT2D eigenvalue weighted by Gasteiger charge is -2.34. The second-order valence-corrected chi connectivity index (χ2v) is 6.59. The monoisotopic (exact) mass is 322 g/mol. The molecule has 23 heavy (non-hydrogen) atoms. The largest absolute Gasteiger partial charge is 0.494 e. The topological polar surface area (TPSA) is 41.6 Å². The number of likely N-dealkylation sites (tertiary alicyclic amines) is 1. The number of unbranched alkanes of at least 4 members (excludes halogenated alkanes) is 1. The highest BCUT2D eigenvalue weighted by molar-refractivity contribution is 5.74. The van der Waals surface area contributed by atoms with Gasteiger partial charge in [-0.3, -0.25) is 0 Å². The highest BCUT2D eigenvalue weighted by Crippen LogP contribution is 2.20. The molecule has 2 rings (SSSR count). The van der Waals surface area contributed by atoms with Gasteiger partial charge in [0.1, 0.15) is 11.6 Å². The van der Waals surface area contributed by atoms with Crippen molar-refractivity contribution in [2.75, 3.05) is 26.2 Å². The fourth-order valence-corrected chi connectivity index (χ4v) is 3.08. The van der Waals surface area contributed by atoms with Crippen LogP contribution in [0.1, 0.15) is 33.1 Å². The van der Waals surface area contributed by atoms with Crippen molar-refractivity contribution in [3.63, 3.8) is 0 Å². The van der Waals surface area contributed by atoms with Crippen molar-refractivity contribution in [1.82, 2.24) is 10.2 Å². The van der Waals surface area contributed by atoms with Crippen molar-refractivity contribution < 1.29 is 13.9 Å². The molecule has 0 aliphatic carbocycles. The van der Waals surface area contributed by atoms with E-state index in [1.165, 1.54) is 18.6 Å². The molecule has 5 heteroatoms. The van der Waals surface area contributed by atoms with Crippen LogP contribution in [0.15, 0.2) is 24.3 Å². The summed E-state index contributed by atoms with van der Waals surface area (Å²) in [5, 5.41) is 2.98. The predicted octanol–water partition coefficient (Wildman–Crippen LogP) is 3.67. The Morgan fingerprint density at radius 3 is 2.52 bits per heavy atom. The van der Waals surface area contributed by atoms with Gasteiger partial charge < -0.3 is 15.0 Å². The molecule has 1 aliphatic heterocycles. The van der Waals surface area contributed by atoms with Crippen LogP contribution in [0.5, 0.6) is 5.75 Å². The molecular weight excluding hydrogens is 295 g/mol. The number of halogens is 1. The van der Waals surface area contributed by atoms with Crippen molar-refractivity contribution in [3.05, 3.63) is 30.1 Å². The van der Waals surface area contributed by atoms with E-state index >= 15 is 0 Å². The quantitative estimate of drug-likeness (QED) is 0.812. The highest BCUT2D eigenvalue weighted by atomic mass is 19.1. The Balaban J connectivity index is 1.56. The molecule has 1 heterocycles. The minimum absolute atomic E-state index is 0.0443. The molecule has 2 atom stereocenters. The molecule has 2 amide bonds. The summed E-state index contributed by atoms with van der Waals surface area (Å²) in [4.78, 5) is 14.0. The van der Waals surface area contributed by atoms with Crippen LogP contribution >= 0.6 is 0 Å². The van der Waals surface area contributed by atoms with Gasteiger partial charge in [0.05, 0.1) is 6.61 Å². The number of nitrogens with zero attached hydrogens (tertiary/aromatic N) is 1. The van der Waals surface area contributed by atoms with Crippen molar-refractivity contribution in [1.29, 1.82) is 0 Å². The van der Waals surface area contributed by atoms with Gasteiger partial charge in [-0.15, -0.1) is 0 Å². The lowest BCUT2D eigenvalue weighted by molar-refractivity contribution is 0.146. The van der Waals surface area contributed by atoms with Gasteiger partial charge in [0.15, 0.2) is 0 Å². The number of amides is 2. The van der Waals surface area contributed by atoms with Crippen LogP contribution < -0.4 is 10.1 Å². The second kappa shape index (κ2) is 8.75. The Labute approximate surface area is 138 Å². The van der Waals surface area contributed by atoms with Gasteiger partial charge in [0, 0.05) is 19.6 Å². The van der Waals surface area contributed by atoms with Crippen molar-refractivity contribution in [2.24, 2.45) is 11.8 Å². The zero-order chi connectivity index (χ0) is 16.7. The molecule has 1 saturated heterocycles. The van der Waals surface area contributed by atoms with Gasteiger partial charge in [-0.2, -0.15) is 0 Å². The van der Waals surface area contributed by atoms with E-state index in [4.69, 9.17) is 4.74 Å². The molecule has 128 valence electrons. The number of piperidine rings is 1. The molecule has 0 aromatic heterocycles. The van der Waals surface area contributed by atoms with E-state index in [0.717, 1.165) is 25.9 Å². The molecule has 0 saturated carbocycles. The van der Waals surface area contributed by atoms with Gasteiger partial charge in [0.25, 0.3) is 0 Å². The minimum Gasteiger partial charge on any atom is -0.494 e. The fourth-order valence-electron chi connectivity index (χ4n) is 3.08. The van der Waals surface area contributed by atoms with Crippen molar-refractivity contribution in [2.45, 2.75) is 33.1 Å². The zero-order valence-corrected chi connectivity index (χ0v) is 14.1. The second-order valence-electron chi connectivity index (χ2n) is 6.59. The molecule has 1 aromatic carbocycles. The number of ether oxygens (including phenoxy) is 1. The molecule has 1 fully saturated rings. The van der Waals surface area contributed by atoms with E-state index in [0.29, 0.717) is 30.7 Å². The van der Waals surface area contributed by atoms with Crippen LogP contribution in [0, 0.1) is 17.7 Å². The maximum Gasteiger partial charge on any atom is 0.317 e. The van der Waals surface area contributed by atoms with E-state index in [1.807, 2.05) is 4.90 Å². The summed E-state index contributed by atoms with van der Waals surface area (Å²) in [6, 6.07) is 6.06. The normalized spacial score (nSPS) is 21.1. The summed E-state index contributed by atoms with van der Waals surface area (Å²) < 4.78 is 18.3. The number of hydrogen-bond acceptors (Lipinski definition) is 2. The van der Waals surface area contributed by atoms with Crippen molar-refractivity contribution in [3.8, 4) is 5.75 Å². The van der Waals surface area contributed by atoms with Gasteiger partial charge in [-0.1, -0.05) is 13.8 Å². The average molecular weight is 322 g/mol. The van der Waals surface area contributed by atoms with Gasteiger partial charge in [0.2, 0.25) is 0 Å². The van der Waals surface area contributed by atoms with Crippen molar-refractivity contribution >= 4 is 6.03 Å². The molecule has 1 aromatic rings. The lowest BCUT2D eigenvalue weighted by Crippen LogP contribution is -2.47. The summed E-state index contributed by atoms with van der Waals surface area (Å²) in [6.45, 7) is 7.32. The van der Waals surface area contributed by atoms with Crippen LogP contribution in [-0.4, -0.2) is 37.2 Å². The van der Waals surface area contributed by atoms with Gasteiger partial charge >= 0.3 is 6.03 Å². The third-order valence-electron chi connectivity index (χ3n) is 4.09. The Hall–Kier alpha value is -1.78. The maximum atomic E-state index is 12.8. The van der Waals surface area contributed by atoms with Gasteiger partial charge in [-0.25, -0.2) is 9.18 Å². The van der Waals surface area contributed by atoms with Gasteiger partial charge in [-0.05, 0) is 55.4 Å². The molecule has 0 radical (unpaired) electrons. The number of urea groups is 1. The molecular formula is C18H27FN2O2. The number of rotatable bonds is 6. The van der Waals surface area contributed by atoms with Crippen LogP contribution in [0.25, 0.3) is 0 Å². The van der Waals surface area contributed by atoms with E-state index in [2.05, 4.69) is 19.2 Å². The molecule has 2 unspecified atom stereocenters. The van der Waals surface area contributed by atoms with Crippen LogP contribution in [0.3, 0.4) is 0 Å². The summed E-state index contributed by atoms with van der Waals surface area (Å²) in [7, 11) is 0. The van der Waals surface area contributed by atoms with Crippen LogP contribution in [0.4, 0.5) is 9.18 Å². The number of nitrogens with one attached hydrogen (secondary N) is 1. The predicted molar refractivity (Wildman–Crippen MR) is 89.0 cm³/mol. The number of carbonyl (C=O) groups excluding carboxylic acids is 1. The summed E-state index contributed by atoms with van der Waals surface area (Å²) in [5.74, 6) is 1.57. The number of hydrogen-bond donors (Lipinski definition) is 1. The number of benzene rings is 1. The van der Waals surface area contributed by atoms with Crippen LogP contribution in [0.2, 0.25) is 0 Å². The molecule has 4 nitrogen and oxygen atoms in total. The first-order valence-electron chi connectivity index (χ1n) is 8.45. The summed E-state index contributed by atoms with van der Waals surface area (Å²) in [6.07, 6.45) is 2.92.